The van der Waals surface area contributed by atoms with Crippen LogP contribution in [0.4, 0.5) is 0 Å². The molecule has 2 aromatic carbocycles. The molecule has 112 valence electrons. The number of ether oxygens (including phenoxy) is 3. The van der Waals surface area contributed by atoms with E-state index in [0.717, 1.165) is 0 Å². The van der Waals surface area contributed by atoms with Crippen LogP contribution in [0.1, 0.15) is 5.56 Å². The minimum absolute atomic E-state index is 0.0600. The fourth-order valence-corrected chi connectivity index (χ4v) is 1.93. The number of halogens is 1. The van der Waals surface area contributed by atoms with E-state index >= 15 is 0 Å². The van der Waals surface area contributed by atoms with Gasteiger partial charge in [0.15, 0.2) is 18.1 Å². The summed E-state index contributed by atoms with van der Waals surface area (Å²) >= 11 is 6.00. The first-order valence-corrected chi connectivity index (χ1v) is 6.68. The van der Waals surface area contributed by atoms with Gasteiger partial charge in [0.2, 0.25) is 0 Å². The van der Waals surface area contributed by atoms with Crippen molar-refractivity contribution in [2.45, 2.75) is 0 Å². The van der Waals surface area contributed by atoms with E-state index in [1.807, 2.05) is 12.1 Å². The number of hydrogen-bond acceptors (Lipinski definition) is 5. The van der Waals surface area contributed by atoms with E-state index in [1.54, 1.807) is 24.3 Å². The van der Waals surface area contributed by atoms with Crippen LogP contribution in [0.2, 0.25) is 5.02 Å². The molecule has 0 fully saturated rings. The summed E-state index contributed by atoms with van der Waals surface area (Å²) in [6.45, 7) is -0.274. The molecule has 0 heterocycles. The summed E-state index contributed by atoms with van der Waals surface area (Å²) in [4.78, 5) is 11.8. The molecular weight excluding hydrogens is 306 g/mol. The number of carbonyl (C=O) groups is 1. The number of nitriles is 1. The van der Waals surface area contributed by atoms with Crippen molar-refractivity contribution in [3.05, 3.63) is 53.1 Å². The first-order valence-electron chi connectivity index (χ1n) is 6.30. The average molecular weight is 318 g/mol. The molecule has 0 saturated heterocycles. The van der Waals surface area contributed by atoms with Gasteiger partial charge >= 0.3 is 5.97 Å². The summed E-state index contributed by atoms with van der Waals surface area (Å²) in [5.74, 6) is 0.188. The molecule has 0 radical (unpaired) electrons. The molecule has 5 nitrogen and oxygen atoms in total. The van der Waals surface area contributed by atoms with Crippen molar-refractivity contribution in [3.63, 3.8) is 0 Å². The molecule has 0 spiro atoms. The van der Waals surface area contributed by atoms with Crippen LogP contribution in [0, 0.1) is 11.3 Å². The number of hydrogen-bond donors (Lipinski definition) is 0. The van der Waals surface area contributed by atoms with E-state index in [-0.39, 0.29) is 23.1 Å². The number of rotatable bonds is 5. The van der Waals surface area contributed by atoms with Crippen molar-refractivity contribution >= 4 is 17.6 Å². The molecule has 6 heteroatoms. The zero-order chi connectivity index (χ0) is 15.9. The lowest BCUT2D eigenvalue weighted by atomic mass is 10.2. The summed E-state index contributed by atoms with van der Waals surface area (Å²) in [7, 11) is 1.39. The third-order valence-corrected chi connectivity index (χ3v) is 2.96. The molecule has 0 aromatic heterocycles. The molecule has 0 aliphatic carbocycles. The molecule has 0 aliphatic heterocycles. The Balaban J connectivity index is 2.07. The van der Waals surface area contributed by atoms with Gasteiger partial charge in [-0.25, -0.2) is 4.79 Å². The zero-order valence-corrected chi connectivity index (χ0v) is 12.5. The Morgan fingerprint density at radius 3 is 2.64 bits per heavy atom. The van der Waals surface area contributed by atoms with Gasteiger partial charge in [-0.1, -0.05) is 29.8 Å². The normalized spacial score (nSPS) is 9.68. The second-order valence-electron chi connectivity index (χ2n) is 4.18. The lowest BCUT2D eigenvalue weighted by Gasteiger charge is -2.11. The van der Waals surface area contributed by atoms with Gasteiger partial charge in [0, 0.05) is 6.07 Å². The number of esters is 1. The standard InChI is InChI=1S/C16H12ClNO4/c1-20-14-8-11(9-18)7-13(17)16(14)22-15(19)10-21-12-5-3-2-4-6-12/h2-8H,10H2,1H3. The summed E-state index contributed by atoms with van der Waals surface area (Å²) in [5, 5.41) is 8.99. The molecule has 2 rings (SSSR count). The smallest absolute Gasteiger partial charge is 0.349 e. The fraction of sp³-hybridized carbons (Fsp3) is 0.125. The van der Waals surface area contributed by atoms with Gasteiger partial charge < -0.3 is 14.2 Å². The predicted octanol–water partition coefficient (Wildman–Crippen LogP) is 3.20. The van der Waals surface area contributed by atoms with E-state index < -0.39 is 5.97 Å². The minimum atomic E-state index is -0.631. The highest BCUT2D eigenvalue weighted by atomic mass is 35.5. The second-order valence-corrected chi connectivity index (χ2v) is 4.58. The second kappa shape index (κ2) is 7.34. The third kappa shape index (κ3) is 3.90. The van der Waals surface area contributed by atoms with Crippen LogP contribution in [-0.4, -0.2) is 19.7 Å². The van der Waals surface area contributed by atoms with Crippen molar-refractivity contribution in [1.82, 2.24) is 0 Å². The van der Waals surface area contributed by atoms with Gasteiger partial charge in [0.1, 0.15) is 5.75 Å². The van der Waals surface area contributed by atoms with Crippen molar-refractivity contribution in [1.29, 1.82) is 5.26 Å². The maximum Gasteiger partial charge on any atom is 0.349 e. The van der Waals surface area contributed by atoms with Crippen molar-refractivity contribution in [2.75, 3.05) is 13.7 Å². The van der Waals surface area contributed by atoms with Crippen LogP contribution < -0.4 is 14.2 Å². The highest BCUT2D eigenvalue weighted by Crippen LogP contribution is 2.36. The van der Waals surface area contributed by atoms with E-state index in [9.17, 15) is 4.79 Å². The summed E-state index contributed by atoms with van der Waals surface area (Å²) < 4.78 is 15.5. The summed E-state index contributed by atoms with van der Waals surface area (Å²) in [6.07, 6.45) is 0. The molecule has 0 unspecified atom stereocenters. The number of methoxy groups -OCH3 is 1. The predicted molar refractivity (Wildman–Crippen MR) is 80.3 cm³/mol. The van der Waals surface area contributed by atoms with E-state index in [0.29, 0.717) is 11.3 Å². The SMILES string of the molecule is COc1cc(C#N)cc(Cl)c1OC(=O)COc1ccccc1. The van der Waals surface area contributed by atoms with Crippen LogP contribution in [0.25, 0.3) is 0 Å². The molecule has 22 heavy (non-hydrogen) atoms. The average Bonchev–Trinajstić information content (AvgIpc) is 2.55. The lowest BCUT2D eigenvalue weighted by Crippen LogP contribution is -2.18. The van der Waals surface area contributed by atoms with Crippen LogP contribution >= 0.6 is 11.6 Å². The molecule has 2 aromatic rings. The summed E-state index contributed by atoms with van der Waals surface area (Å²) in [5.41, 5.74) is 0.308. The first kappa shape index (κ1) is 15.7. The van der Waals surface area contributed by atoms with Crippen molar-refractivity contribution in [2.24, 2.45) is 0 Å². The van der Waals surface area contributed by atoms with Crippen LogP contribution in [-0.2, 0) is 4.79 Å². The van der Waals surface area contributed by atoms with Gasteiger partial charge in [0.05, 0.1) is 23.8 Å². The molecule has 0 aliphatic rings. The zero-order valence-electron chi connectivity index (χ0n) is 11.7. The lowest BCUT2D eigenvalue weighted by molar-refractivity contribution is -0.136. The molecule has 0 saturated carbocycles. The molecule has 0 atom stereocenters. The van der Waals surface area contributed by atoms with Crippen LogP contribution in [0.3, 0.4) is 0 Å². The van der Waals surface area contributed by atoms with Gasteiger partial charge in [-0.05, 0) is 18.2 Å². The maximum absolute atomic E-state index is 11.8. The van der Waals surface area contributed by atoms with Crippen molar-refractivity contribution in [3.8, 4) is 23.3 Å². The van der Waals surface area contributed by atoms with Gasteiger partial charge in [-0.15, -0.1) is 0 Å². The highest BCUT2D eigenvalue weighted by Gasteiger charge is 2.16. The number of nitrogens with zero attached hydrogens (tertiary/aromatic N) is 1. The number of carbonyl (C=O) groups excluding carboxylic acids is 1. The third-order valence-electron chi connectivity index (χ3n) is 2.67. The molecule has 0 bridgehead atoms. The Bertz CT molecular complexity index is 710. The van der Waals surface area contributed by atoms with E-state index in [2.05, 4.69) is 0 Å². The Morgan fingerprint density at radius 1 is 1.27 bits per heavy atom. The van der Waals surface area contributed by atoms with Crippen LogP contribution in [0.5, 0.6) is 17.2 Å². The monoisotopic (exact) mass is 317 g/mol. The van der Waals surface area contributed by atoms with Gasteiger partial charge in [-0.3, -0.25) is 0 Å². The molecular formula is C16H12ClNO4. The molecule has 0 amide bonds. The fourth-order valence-electron chi connectivity index (χ4n) is 1.69. The largest absolute Gasteiger partial charge is 0.493 e. The maximum atomic E-state index is 11.8. The Hall–Kier alpha value is -2.71. The Labute approximate surface area is 132 Å². The first-order chi connectivity index (χ1) is 10.6. The number of para-hydroxylation sites is 1. The van der Waals surface area contributed by atoms with Gasteiger partial charge in [0.25, 0.3) is 0 Å². The van der Waals surface area contributed by atoms with Gasteiger partial charge in [-0.2, -0.15) is 5.26 Å². The molecule has 0 N–H and O–H groups in total. The topological polar surface area (TPSA) is 68.5 Å². The van der Waals surface area contributed by atoms with E-state index in [4.69, 9.17) is 31.1 Å². The highest BCUT2D eigenvalue weighted by molar-refractivity contribution is 6.32. The minimum Gasteiger partial charge on any atom is -0.493 e. The quantitative estimate of drug-likeness (QED) is 0.625. The van der Waals surface area contributed by atoms with E-state index in [1.165, 1.54) is 19.2 Å². The Kier molecular flexibility index (Phi) is 5.23. The van der Waals surface area contributed by atoms with Crippen LogP contribution in [0.15, 0.2) is 42.5 Å². The Morgan fingerprint density at radius 2 is 2.00 bits per heavy atom. The van der Waals surface area contributed by atoms with Crippen molar-refractivity contribution < 1.29 is 19.0 Å². The number of benzene rings is 2. The summed E-state index contributed by atoms with van der Waals surface area (Å²) in [6, 6.07) is 13.6.